The Hall–Kier alpha value is -3.70. The number of fused-ring (bicyclic) bond motifs is 4. The summed E-state index contributed by atoms with van der Waals surface area (Å²) in [5, 5.41) is 11.6. The molecule has 4 bridgehead atoms. The lowest BCUT2D eigenvalue weighted by Gasteiger charge is -2.22. The lowest BCUT2D eigenvalue weighted by Crippen LogP contribution is -2.33. The number of halogens is 1. The predicted molar refractivity (Wildman–Crippen MR) is 103 cm³/mol. The van der Waals surface area contributed by atoms with E-state index in [1.807, 2.05) is 0 Å². The van der Waals surface area contributed by atoms with Gasteiger partial charge in [-0.15, -0.1) is 0 Å². The summed E-state index contributed by atoms with van der Waals surface area (Å²) in [5.74, 6) is -1.40. The number of ether oxygens (including phenoxy) is 3. The van der Waals surface area contributed by atoms with E-state index in [0.29, 0.717) is 18.4 Å². The highest BCUT2D eigenvalue weighted by molar-refractivity contribution is 5.90. The van der Waals surface area contributed by atoms with Crippen molar-refractivity contribution in [1.82, 2.24) is 9.97 Å². The third kappa shape index (κ3) is 4.64. The van der Waals surface area contributed by atoms with Crippen molar-refractivity contribution in [3.05, 3.63) is 39.7 Å². The first-order valence-electron chi connectivity index (χ1n) is 9.21. The summed E-state index contributed by atoms with van der Waals surface area (Å²) in [6.45, 7) is 1.81. The number of nitrogen functional groups attached to an aromatic ring is 1. The van der Waals surface area contributed by atoms with Crippen LogP contribution >= 0.6 is 0 Å². The van der Waals surface area contributed by atoms with Crippen molar-refractivity contribution in [2.45, 2.75) is 26.3 Å². The molecule has 1 aliphatic rings. The SMILES string of the molecule is CCOC(=O)N1Cc2ccc(F)c(c2)OCCCCOc2nc(N)c([N+](=O)[O-])c1n2. The number of carbonyl (C=O) groups is 1. The maximum atomic E-state index is 14.1. The molecule has 160 valence electrons. The maximum absolute atomic E-state index is 14.1. The summed E-state index contributed by atoms with van der Waals surface area (Å²) >= 11 is 0. The van der Waals surface area contributed by atoms with Gasteiger partial charge in [0.2, 0.25) is 11.6 Å². The molecule has 0 spiro atoms. The van der Waals surface area contributed by atoms with Crippen LogP contribution in [0.1, 0.15) is 25.3 Å². The van der Waals surface area contributed by atoms with Gasteiger partial charge in [-0.05, 0) is 37.5 Å². The molecule has 1 aromatic heterocycles. The van der Waals surface area contributed by atoms with Crippen LogP contribution in [0.15, 0.2) is 18.2 Å². The van der Waals surface area contributed by atoms with Crippen LogP contribution in [0, 0.1) is 15.9 Å². The molecule has 0 unspecified atom stereocenters. The molecule has 0 saturated heterocycles. The van der Waals surface area contributed by atoms with Crippen molar-refractivity contribution in [2.75, 3.05) is 30.5 Å². The Morgan fingerprint density at radius 1 is 1.33 bits per heavy atom. The normalized spacial score (nSPS) is 14.1. The van der Waals surface area contributed by atoms with E-state index in [-0.39, 0.29) is 43.9 Å². The fraction of sp³-hybridized carbons (Fsp3) is 0.389. The minimum absolute atomic E-state index is 0.00618. The quantitative estimate of drug-likeness (QED) is 0.572. The lowest BCUT2D eigenvalue weighted by atomic mass is 10.2. The van der Waals surface area contributed by atoms with Crippen molar-refractivity contribution in [2.24, 2.45) is 0 Å². The first-order chi connectivity index (χ1) is 14.4. The second kappa shape index (κ2) is 9.20. The van der Waals surface area contributed by atoms with Crippen molar-refractivity contribution in [1.29, 1.82) is 0 Å². The smallest absolute Gasteiger partial charge is 0.415 e. The minimum atomic E-state index is -0.900. The average Bonchev–Trinajstić information content (AvgIpc) is 2.69. The number of rotatable bonds is 2. The van der Waals surface area contributed by atoms with Crippen LogP contribution in [0.25, 0.3) is 0 Å². The number of nitrogens with zero attached hydrogens (tertiary/aromatic N) is 4. The van der Waals surface area contributed by atoms with Gasteiger partial charge in [-0.2, -0.15) is 9.97 Å². The van der Waals surface area contributed by atoms with Gasteiger partial charge in [0.1, 0.15) is 0 Å². The number of carbonyl (C=O) groups excluding carboxylic acids is 1. The van der Waals surface area contributed by atoms with E-state index < -0.39 is 28.3 Å². The van der Waals surface area contributed by atoms with Crippen LogP contribution in [-0.2, 0) is 11.3 Å². The summed E-state index contributed by atoms with van der Waals surface area (Å²) in [6, 6.07) is 3.83. The first-order valence-corrected chi connectivity index (χ1v) is 9.21. The summed E-state index contributed by atoms with van der Waals surface area (Å²) < 4.78 is 30.0. The van der Waals surface area contributed by atoms with Crippen LogP contribution < -0.4 is 20.1 Å². The number of benzene rings is 1. The molecule has 0 fully saturated rings. The van der Waals surface area contributed by atoms with E-state index in [1.54, 1.807) is 6.92 Å². The Morgan fingerprint density at radius 3 is 2.77 bits per heavy atom. The highest BCUT2D eigenvalue weighted by atomic mass is 19.1. The second-order valence-electron chi connectivity index (χ2n) is 6.27. The standard InChI is InChI=1S/C18H20FN5O6/c1-2-28-18(25)23-10-11-5-6-12(19)13(9-11)29-7-3-4-8-30-17-21-15(20)14(24(26)27)16(23)22-17/h5-6,9H,2-4,7-8,10H2,1H3,(H2,20,21,22). The fourth-order valence-electron chi connectivity index (χ4n) is 2.78. The zero-order chi connectivity index (χ0) is 21.7. The van der Waals surface area contributed by atoms with Gasteiger partial charge in [-0.25, -0.2) is 9.18 Å². The summed E-state index contributed by atoms with van der Waals surface area (Å²) in [7, 11) is 0. The van der Waals surface area contributed by atoms with E-state index >= 15 is 0 Å². The molecular weight excluding hydrogens is 401 g/mol. The number of hydrogen-bond acceptors (Lipinski definition) is 9. The molecule has 1 aliphatic heterocycles. The van der Waals surface area contributed by atoms with Gasteiger partial charge in [-0.1, -0.05) is 6.07 Å². The van der Waals surface area contributed by atoms with E-state index in [0.717, 1.165) is 4.90 Å². The largest absolute Gasteiger partial charge is 0.491 e. The zero-order valence-electron chi connectivity index (χ0n) is 16.2. The van der Waals surface area contributed by atoms with Crippen LogP contribution in [0.4, 0.5) is 26.5 Å². The number of nitro groups is 1. The van der Waals surface area contributed by atoms with E-state index in [1.165, 1.54) is 18.2 Å². The molecule has 12 heteroatoms. The molecule has 3 rings (SSSR count). The van der Waals surface area contributed by atoms with E-state index in [4.69, 9.17) is 19.9 Å². The van der Waals surface area contributed by atoms with Gasteiger partial charge in [-0.3, -0.25) is 15.0 Å². The molecule has 11 nitrogen and oxygen atoms in total. The van der Waals surface area contributed by atoms with Crippen LogP contribution in [-0.4, -0.2) is 40.8 Å². The Labute approximate surface area is 170 Å². The van der Waals surface area contributed by atoms with Crippen LogP contribution in [0.2, 0.25) is 0 Å². The molecule has 0 saturated carbocycles. The lowest BCUT2D eigenvalue weighted by molar-refractivity contribution is -0.383. The third-order valence-electron chi connectivity index (χ3n) is 4.16. The Kier molecular flexibility index (Phi) is 6.45. The Balaban J connectivity index is 2.15. The number of nitrogens with two attached hydrogens (primary N) is 1. The minimum Gasteiger partial charge on any atom is -0.491 e. The first kappa shape index (κ1) is 21.0. The van der Waals surface area contributed by atoms with Crippen molar-refractivity contribution in [3.63, 3.8) is 0 Å². The molecule has 30 heavy (non-hydrogen) atoms. The molecular formula is C18H20FN5O6. The third-order valence-corrected chi connectivity index (χ3v) is 4.16. The zero-order valence-corrected chi connectivity index (χ0v) is 16.2. The van der Waals surface area contributed by atoms with Gasteiger partial charge >= 0.3 is 17.8 Å². The number of amides is 1. The summed E-state index contributed by atoms with van der Waals surface area (Å²) in [4.78, 5) is 32.2. The number of anilines is 2. The van der Waals surface area contributed by atoms with Crippen LogP contribution in [0.3, 0.4) is 0 Å². The van der Waals surface area contributed by atoms with Gasteiger partial charge in [0.25, 0.3) is 0 Å². The summed E-state index contributed by atoms with van der Waals surface area (Å²) in [5.41, 5.74) is 5.54. The second-order valence-corrected chi connectivity index (χ2v) is 6.27. The fourth-order valence-corrected chi connectivity index (χ4v) is 2.78. The molecule has 2 heterocycles. The Morgan fingerprint density at radius 2 is 2.07 bits per heavy atom. The number of aromatic nitrogens is 2. The monoisotopic (exact) mass is 421 g/mol. The van der Waals surface area contributed by atoms with Gasteiger partial charge in [0.05, 0.1) is 31.3 Å². The van der Waals surface area contributed by atoms with Crippen molar-refractivity contribution < 1.29 is 28.3 Å². The highest BCUT2D eigenvalue weighted by Gasteiger charge is 2.32. The van der Waals surface area contributed by atoms with Crippen LogP contribution in [0.5, 0.6) is 11.8 Å². The Bertz CT molecular complexity index is 957. The maximum Gasteiger partial charge on any atom is 0.415 e. The molecule has 0 atom stereocenters. The van der Waals surface area contributed by atoms with Gasteiger partial charge in [0.15, 0.2) is 11.6 Å². The topological polar surface area (TPSA) is 143 Å². The van der Waals surface area contributed by atoms with E-state index in [2.05, 4.69) is 9.97 Å². The predicted octanol–water partition coefficient (Wildman–Crippen LogP) is 2.82. The number of hydrogen-bond donors (Lipinski definition) is 1. The summed E-state index contributed by atoms with van der Waals surface area (Å²) in [6.07, 6.45) is 0.190. The molecule has 1 amide bonds. The van der Waals surface area contributed by atoms with Crippen molar-refractivity contribution in [3.8, 4) is 11.8 Å². The van der Waals surface area contributed by atoms with Gasteiger partial charge < -0.3 is 19.9 Å². The van der Waals surface area contributed by atoms with Gasteiger partial charge in [0, 0.05) is 0 Å². The van der Waals surface area contributed by atoms with Crippen molar-refractivity contribution >= 4 is 23.4 Å². The highest BCUT2D eigenvalue weighted by Crippen LogP contribution is 2.34. The molecule has 0 radical (unpaired) electrons. The molecule has 2 N–H and O–H groups in total. The molecule has 1 aromatic carbocycles. The van der Waals surface area contributed by atoms with E-state index in [9.17, 15) is 19.3 Å². The molecule has 0 aliphatic carbocycles. The molecule has 2 aromatic rings. The average molecular weight is 421 g/mol.